The summed E-state index contributed by atoms with van der Waals surface area (Å²) in [5.41, 5.74) is 1.49. The van der Waals surface area contributed by atoms with Crippen molar-refractivity contribution in [2.24, 2.45) is 34.5 Å². The molecule has 4 aliphatic rings. The van der Waals surface area contributed by atoms with Crippen LogP contribution in [0.3, 0.4) is 0 Å². The van der Waals surface area contributed by atoms with Crippen molar-refractivity contribution in [1.29, 1.82) is 0 Å². The van der Waals surface area contributed by atoms with E-state index in [1.807, 2.05) is 0 Å². The fourth-order valence-corrected chi connectivity index (χ4v) is 7.29. The summed E-state index contributed by atoms with van der Waals surface area (Å²) in [6.07, 6.45) is 17.1. The molecule has 1 unspecified atom stereocenters. The molecule has 0 radical (unpaired) electrons. The maximum Gasteiger partial charge on any atom is -0.0266 e. The summed E-state index contributed by atoms with van der Waals surface area (Å²) in [5, 5.41) is 0. The minimum absolute atomic E-state index is 0.741. The standard InChI is InChI=1S/C19H32/c1-18-11-5-7-16(18)15-9-8-14-6-3-4-12-19(14,2)17(15)10-13-18/h14-17H,3-13H2,1-2H3/t14?,15-,16+,17-,18-,19-/m0/s1. The summed E-state index contributed by atoms with van der Waals surface area (Å²) in [7, 11) is 0. The maximum absolute atomic E-state index is 2.70. The molecule has 19 heavy (non-hydrogen) atoms. The summed E-state index contributed by atoms with van der Waals surface area (Å²) < 4.78 is 0. The van der Waals surface area contributed by atoms with Gasteiger partial charge >= 0.3 is 0 Å². The van der Waals surface area contributed by atoms with E-state index in [0.717, 1.165) is 34.5 Å². The van der Waals surface area contributed by atoms with Crippen molar-refractivity contribution in [3.63, 3.8) is 0 Å². The molecule has 0 aromatic heterocycles. The van der Waals surface area contributed by atoms with Gasteiger partial charge in [0.15, 0.2) is 0 Å². The lowest BCUT2D eigenvalue weighted by atomic mass is 9.45. The molecule has 0 spiro atoms. The molecular formula is C19H32. The first-order valence-electron chi connectivity index (χ1n) is 9.13. The minimum Gasteiger partial charge on any atom is -0.0594 e. The third kappa shape index (κ3) is 1.70. The van der Waals surface area contributed by atoms with Crippen LogP contribution in [-0.2, 0) is 0 Å². The van der Waals surface area contributed by atoms with Crippen molar-refractivity contribution in [2.75, 3.05) is 0 Å². The molecule has 0 aromatic carbocycles. The molecule has 0 N–H and O–H groups in total. The lowest BCUT2D eigenvalue weighted by Crippen LogP contribution is -2.51. The van der Waals surface area contributed by atoms with Crippen molar-refractivity contribution in [3.8, 4) is 0 Å². The number of rotatable bonds is 0. The molecular weight excluding hydrogens is 228 g/mol. The molecule has 0 heterocycles. The maximum atomic E-state index is 2.70. The van der Waals surface area contributed by atoms with Gasteiger partial charge in [0.25, 0.3) is 0 Å². The number of hydrogen-bond acceptors (Lipinski definition) is 0. The Hall–Kier alpha value is 0. The first-order chi connectivity index (χ1) is 9.13. The van der Waals surface area contributed by atoms with Crippen molar-refractivity contribution in [1.82, 2.24) is 0 Å². The van der Waals surface area contributed by atoms with E-state index >= 15 is 0 Å². The summed E-state index contributed by atoms with van der Waals surface area (Å²) in [6, 6.07) is 0. The van der Waals surface area contributed by atoms with Crippen LogP contribution in [0, 0.1) is 34.5 Å². The summed E-state index contributed by atoms with van der Waals surface area (Å²) in [5.74, 6) is 4.41. The van der Waals surface area contributed by atoms with Gasteiger partial charge in [-0.1, -0.05) is 33.1 Å². The Labute approximate surface area is 119 Å². The largest absolute Gasteiger partial charge is 0.0594 e. The van der Waals surface area contributed by atoms with Crippen molar-refractivity contribution < 1.29 is 0 Å². The van der Waals surface area contributed by atoms with Crippen molar-refractivity contribution >= 4 is 0 Å². The molecule has 0 aromatic rings. The Morgan fingerprint density at radius 3 is 2.47 bits per heavy atom. The van der Waals surface area contributed by atoms with E-state index in [4.69, 9.17) is 0 Å². The Morgan fingerprint density at radius 1 is 0.684 bits per heavy atom. The van der Waals surface area contributed by atoms with E-state index in [-0.39, 0.29) is 0 Å². The van der Waals surface area contributed by atoms with Crippen LogP contribution in [0.5, 0.6) is 0 Å². The highest BCUT2D eigenvalue weighted by molar-refractivity contribution is 5.06. The smallest absolute Gasteiger partial charge is 0.0266 e. The van der Waals surface area contributed by atoms with Crippen LogP contribution in [0.2, 0.25) is 0 Å². The molecule has 0 saturated heterocycles. The first kappa shape index (κ1) is 12.7. The van der Waals surface area contributed by atoms with Gasteiger partial charge in [-0.05, 0) is 85.9 Å². The van der Waals surface area contributed by atoms with Gasteiger partial charge in [0.05, 0.1) is 0 Å². The Kier molecular flexibility index (Phi) is 2.84. The predicted octanol–water partition coefficient (Wildman–Crippen LogP) is 5.81. The van der Waals surface area contributed by atoms with Crippen molar-refractivity contribution in [3.05, 3.63) is 0 Å². The molecule has 0 nitrogen and oxygen atoms in total. The van der Waals surface area contributed by atoms with Crippen molar-refractivity contribution in [2.45, 2.75) is 84.5 Å². The highest BCUT2D eigenvalue weighted by Gasteiger charge is 2.56. The zero-order chi connectivity index (χ0) is 13.1. The summed E-state index contributed by atoms with van der Waals surface area (Å²) in [4.78, 5) is 0. The molecule has 4 aliphatic carbocycles. The highest BCUT2D eigenvalue weighted by Crippen LogP contribution is 2.66. The average molecular weight is 260 g/mol. The molecule has 0 amide bonds. The third-order valence-electron chi connectivity index (χ3n) is 8.36. The molecule has 4 rings (SSSR count). The quantitative estimate of drug-likeness (QED) is 0.515. The van der Waals surface area contributed by atoms with E-state index in [2.05, 4.69) is 13.8 Å². The molecule has 6 atom stereocenters. The van der Waals surface area contributed by atoms with Gasteiger partial charge in [-0.25, -0.2) is 0 Å². The zero-order valence-electron chi connectivity index (χ0n) is 13.1. The van der Waals surface area contributed by atoms with Crippen LogP contribution in [-0.4, -0.2) is 0 Å². The second-order valence-corrected chi connectivity index (χ2v) is 8.99. The van der Waals surface area contributed by atoms with E-state index < -0.39 is 0 Å². The van der Waals surface area contributed by atoms with Gasteiger partial charge in [-0.2, -0.15) is 0 Å². The average Bonchev–Trinajstić information content (AvgIpc) is 2.79. The Bertz CT molecular complexity index is 359. The predicted molar refractivity (Wildman–Crippen MR) is 81.0 cm³/mol. The van der Waals surface area contributed by atoms with Crippen LogP contribution in [0.4, 0.5) is 0 Å². The topological polar surface area (TPSA) is 0 Å². The van der Waals surface area contributed by atoms with E-state index in [1.54, 1.807) is 51.4 Å². The van der Waals surface area contributed by atoms with E-state index in [1.165, 1.54) is 19.3 Å². The Balaban J connectivity index is 1.64. The number of hydrogen-bond donors (Lipinski definition) is 0. The van der Waals surface area contributed by atoms with Gasteiger partial charge in [0, 0.05) is 0 Å². The second-order valence-electron chi connectivity index (χ2n) is 8.99. The van der Waals surface area contributed by atoms with E-state index in [9.17, 15) is 0 Å². The summed E-state index contributed by atoms with van der Waals surface area (Å²) in [6.45, 7) is 5.33. The Morgan fingerprint density at radius 2 is 1.58 bits per heavy atom. The van der Waals surface area contributed by atoms with Gasteiger partial charge < -0.3 is 0 Å². The second kappa shape index (κ2) is 4.25. The third-order valence-corrected chi connectivity index (χ3v) is 8.36. The molecule has 4 saturated carbocycles. The van der Waals surface area contributed by atoms with Crippen LogP contribution < -0.4 is 0 Å². The molecule has 4 fully saturated rings. The van der Waals surface area contributed by atoms with Crippen LogP contribution in [0.15, 0.2) is 0 Å². The van der Waals surface area contributed by atoms with Gasteiger partial charge in [0.1, 0.15) is 0 Å². The molecule has 0 aliphatic heterocycles. The van der Waals surface area contributed by atoms with Gasteiger partial charge in [-0.3, -0.25) is 0 Å². The first-order valence-corrected chi connectivity index (χ1v) is 9.13. The SMILES string of the molecule is C[C@@]12CCC[C@@H]1[C@@H]1CCC3CCCC[C@]3(C)[C@H]1CC2. The van der Waals surface area contributed by atoms with Crippen LogP contribution in [0.25, 0.3) is 0 Å². The number of fused-ring (bicyclic) bond motifs is 5. The van der Waals surface area contributed by atoms with Crippen LogP contribution >= 0.6 is 0 Å². The molecule has 0 bridgehead atoms. The monoisotopic (exact) mass is 260 g/mol. The zero-order valence-corrected chi connectivity index (χ0v) is 13.1. The summed E-state index contributed by atoms with van der Waals surface area (Å²) >= 11 is 0. The normalized spacial score (nSPS) is 57.2. The fourth-order valence-electron chi connectivity index (χ4n) is 7.29. The van der Waals surface area contributed by atoms with Gasteiger partial charge in [-0.15, -0.1) is 0 Å². The highest BCUT2D eigenvalue weighted by atomic mass is 14.6. The molecule has 0 heteroatoms. The van der Waals surface area contributed by atoms with Crippen LogP contribution in [0.1, 0.15) is 84.5 Å². The lowest BCUT2D eigenvalue weighted by Gasteiger charge is -2.60. The van der Waals surface area contributed by atoms with Gasteiger partial charge in [0.2, 0.25) is 0 Å². The lowest BCUT2D eigenvalue weighted by molar-refractivity contribution is -0.103. The van der Waals surface area contributed by atoms with E-state index in [0.29, 0.717) is 0 Å². The molecule has 108 valence electrons. The minimum atomic E-state index is 0.741. The fraction of sp³-hybridized carbons (Fsp3) is 1.00.